The van der Waals surface area contributed by atoms with Gasteiger partial charge >= 0.3 is 0 Å². The summed E-state index contributed by atoms with van der Waals surface area (Å²) >= 11 is 0. The van der Waals surface area contributed by atoms with Crippen LogP contribution in [0.2, 0.25) is 0 Å². The number of hydrogen-bond donors (Lipinski definition) is 0. The number of benzene rings is 2. The molecule has 0 bridgehead atoms. The van der Waals surface area contributed by atoms with E-state index in [-0.39, 0.29) is 24.1 Å². The molecule has 4 rings (SSSR count). The van der Waals surface area contributed by atoms with Gasteiger partial charge in [0.05, 0.1) is 5.69 Å². The van der Waals surface area contributed by atoms with Crippen LogP contribution in [0.5, 0.6) is 5.75 Å². The maximum Gasteiger partial charge on any atom is 0.267 e. The Morgan fingerprint density at radius 2 is 1.48 bits per heavy atom. The van der Waals surface area contributed by atoms with Crippen molar-refractivity contribution in [3.05, 3.63) is 60.2 Å². The van der Waals surface area contributed by atoms with Gasteiger partial charge < -0.3 is 19.4 Å². The summed E-state index contributed by atoms with van der Waals surface area (Å²) in [5.74, 6) is 0.696. The Hall–Kier alpha value is -3.35. The number of hydrogen-bond acceptors (Lipinski definition) is 4. The number of fused-ring (bicyclic) bond motifs is 1. The van der Waals surface area contributed by atoms with Crippen LogP contribution < -0.4 is 9.64 Å². The summed E-state index contributed by atoms with van der Waals surface area (Å²) in [4.78, 5) is 43.3. The third-order valence-corrected chi connectivity index (χ3v) is 6.31. The van der Waals surface area contributed by atoms with E-state index in [4.69, 9.17) is 4.74 Å². The van der Waals surface area contributed by atoms with Crippen LogP contribution >= 0.6 is 0 Å². The molecule has 33 heavy (non-hydrogen) atoms. The molecule has 2 aliphatic rings. The Kier molecular flexibility index (Phi) is 7.27. The van der Waals surface area contributed by atoms with E-state index in [0.29, 0.717) is 50.6 Å². The molecular weight excluding hydrogens is 418 g/mol. The van der Waals surface area contributed by atoms with Gasteiger partial charge in [-0.3, -0.25) is 14.4 Å². The van der Waals surface area contributed by atoms with E-state index in [1.54, 1.807) is 16.7 Å². The number of aryl methyl sites for hydroxylation is 1. The normalized spacial score (nSPS) is 18.0. The summed E-state index contributed by atoms with van der Waals surface area (Å²) in [6, 6.07) is 17.6. The number of amides is 3. The molecule has 7 heteroatoms. The number of carbonyl (C=O) groups excluding carboxylic acids is 3. The minimum atomic E-state index is -0.563. The zero-order valence-corrected chi connectivity index (χ0v) is 19.1. The summed E-state index contributed by atoms with van der Waals surface area (Å²) < 4.78 is 5.66. The number of para-hydroxylation sites is 2. The van der Waals surface area contributed by atoms with Crippen molar-refractivity contribution in [2.45, 2.75) is 38.7 Å². The van der Waals surface area contributed by atoms with Crippen molar-refractivity contribution < 1.29 is 19.1 Å². The molecule has 0 N–H and O–H groups in total. The maximum atomic E-state index is 12.8. The fourth-order valence-corrected chi connectivity index (χ4v) is 4.41. The van der Waals surface area contributed by atoms with Gasteiger partial charge in [-0.05, 0) is 37.5 Å². The lowest BCUT2D eigenvalue weighted by Gasteiger charge is -2.36. The lowest BCUT2D eigenvalue weighted by Crippen LogP contribution is -2.51. The molecule has 2 heterocycles. The van der Waals surface area contributed by atoms with Gasteiger partial charge in [0.1, 0.15) is 5.75 Å². The third-order valence-electron chi connectivity index (χ3n) is 6.31. The highest BCUT2D eigenvalue weighted by Crippen LogP contribution is 2.33. The number of ether oxygens (including phenoxy) is 1. The summed E-state index contributed by atoms with van der Waals surface area (Å²) in [5.41, 5.74) is 1.95. The van der Waals surface area contributed by atoms with E-state index in [9.17, 15) is 14.4 Å². The van der Waals surface area contributed by atoms with Gasteiger partial charge in [0.2, 0.25) is 11.8 Å². The Morgan fingerprint density at radius 1 is 0.879 bits per heavy atom. The van der Waals surface area contributed by atoms with Crippen LogP contribution in [0.15, 0.2) is 54.6 Å². The highest BCUT2D eigenvalue weighted by atomic mass is 16.5. The quantitative estimate of drug-likeness (QED) is 0.652. The highest BCUT2D eigenvalue weighted by Gasteiger charge is 2.32. The van der Waals surface area contributed by atoms with Crippen molar-refractivity contribution in [1.29, 1.82) is 0 Å². The van der Waals surface area contributed by atoms with Crippen LogP contribution in [-0.2, 0) is 20.8 Å². The van der Waals surface area contributed by atoms with Crippen molar-refractivity contribution in [3.63, 3.8) is 0 Å². The molecule has 2 aromatic carbocycles. The number of rotatable bonds is 7. The van der Waals surface area contributed by atoms with Crippen molar-refractivity contribution in [1.82, 2.24) is 9.80 Å². The first kappa shape index (κ1) is 22.8. The number of carbonyl (C=O) groups is 3. The van der Waals surface area contributed by atoms with Gasteiger partial charge in [-0.2, -0.15) is 0 Å². The predicted octanol–water partition coefficient (Wildman–Crippen LogP) is 2.88. The predicted molar refractivity (Wildman–Crippen MR) is 126 cm³/mol. The van der Waals surface area contributed by atoms with E-state index < -0.39 is 6.10 Å². The second-order valence-electron chi connectivity index (χ2n) is 8.57. The van der Waals surface area contributed by atoms with Gasteiger partial charge in [0.15, 0.2) is 6.10 Å². The topological polar surface area (TPSA) is 70.2 Å². The molecule has 0 saturated carbocycles. The molecule has 3 amide bonds. The Balaban J connectivity index is 1.22. The van der Waals surface area contributed by atoms with Crippen LogP contribution in [0.1, 0.15) is 31.7 Å². The van der Waals surface area contributed by atoms with Crippen molar-refractivity contribution in [2.75, 3.05) is 37.6 Å². The Bertz CT molecular complexity index is 986. The van der Waals surface area contributed by atoms with Gasteiger partial charge in [0.25, 0.3) is 5.91 Å². The molecule has 1 unspecified atom stereocenters. The van der Waals surface area contributed by atoms with Crippen LogP contribution in [0.3, 0.4) is 0 Å². The lowest BCUT2D eigenvalue weighted by molar-refractivity contribution is -0.139. The summed E-state index contributed by atoms with van der Waals surface area (Å²) in [7, 11) is 0. The molecule has 7 nitrogen and oxygen atoms in total. The van der Waals surface area contributed by atoms with E-state index in [2.05, 4.69) is 12.1 Å². The molecule has 2 aromatic rings. The Labute approximate surface area is 194 Å². The van der Waals surface area contributed by atoms with E-state index in [1.807, 2.05) is 47.4 Å². The number of piperazine rings is 1. The molecule has 0 spiro atoms. The van der Waals surface area contributed by atoms with Gasteiger partial charge in [0, 0.05) is 45.6 Å². The molecule has 0 radical (unpaired) electrons. The van der Waals surface area contributed by atoms with Gasteiger partial charge in [-0.25, -0.2) is 0 Å². The van der Waals surface area contributed by atoms with E-state index in [1.165, 1.54) is 5.56 Å². The first-order chi connectivity index (χ1) is 16.0. The van der Waals surface area contributed by atoms with Crippen LogP contribution in [0.25, 0.3) is 0 Å². The average Bonchev–Trinajstić information content (AvgIpc) is 2.85. The van der Waals surface area contributed by atoms with Crippen LogP contribution in [0, 0.1) is 0 Å². The number of anilines is 1. The Morgan fingerprint density at radius 3 is 2.18 bits per heavy atom. The molecule has 2 aliphatic heterocycles. The summed E-state index contributed by atoms with van der Waals surface area (Å²) in [6.07, 6.45) is 1.94. The zero-order valence-electron chi connectivity index (χ0n) is 19.1. The molecule has 0 aliphatic carbocycles. The molecule has 1 saturated heterocycles. The monoisotopic (exact) mass is 449 g/mol. The van der Waals surface area contributed by atoms with E-state index in [0.717, 1.165) is 12.8 Å². The first-order valence-electron chi connectivity index (χ1n) is 11.7. The van der Waals surface area contributed by atoms with Crippen molar-refractivity contribution >= 4 is 23.4 Å². The molecule has 0 aromatic heterocycles. The second-order valence-corrected chi connectivity index (χ2v) is 8.57. The largest absolute Gasteiger partial charge is 0.479 e. The summed E-state index contributed by atoms with van der Waals surface area (Å²) in [5, 5.41) is 0. The van der Waals surface area contributed by atoms with Gasteiger partial charge in [-0.1, -0.05) is 42.5 Å². The number of nitrogens with zero attached hydrogens (tertiary/aromatic N) is 3. The van der Waals surface area contributed by atoms with Crippen LogP contribution in [-0.4, -0.2) is 66.3 Å². The minimum absolute atomic E-state index is 0.00982. The highest BCUT2D eigenvalue weighted by molar-refractivity contribution is 6.00. The standard InChI is InChI=1S/C26H31N3O4/c1-20-26(32)29(22-11-5-6-12-23(22)33-20)15-14-25(31)28-18-16-27(17-19-28)24(30)13-7-10-21-8-3-2-4-9-21/h2-6,8-9,11-12,20H,7,10,13-19H2,1H3. The minimum Gasteiger partial charge on any atom is -0.479 e. The molecule has 1 fully saturated rings. The lowest BCUT2D eigenvalue weighted by atomic mass is 10.1. The van der Waals surface area contributed by atoms with E-state index >= 15 is 0 Å². The average molecular weight is 450 g/mol. The fourth-order valence-electron chi connectivity index (χ4n) is 4.41. The third kappa shape index (κ3) is 5.53. The second kappa shape index (κ2) is 10.5. The first-order valence-corrected chi connectivity index (χ1v) is 11.7. The maximum absolute atomic E-state index is 12.8. The molecule has 174 valence electrons. The zero-order chi connectivity index (χ0) is 23.2. The molecular formula is C26H31N3O4. The van der Waals surface area contributed by atoms with Gasteiger partial charge in [-0.15, -0.1) is 0 Å². The van der Waals surface area contributed by atoms with Crippen molar-refractivity contribution in [3.8, 4) is 5.75 Å². The van der Waals surface area contributed by atoms with Crippen molar-refractivity contribution in [2.24, 2.45) is 0 Å². The summed E-state index contributed by atoms with van der Waals surface area (Å²) in [6.45, 7) is 4.24. The van der Waals surface area contributed by atoms with Crippen LogP contribution in [0.4, 0.5) is 5.69 Å². The SMILES string of the molecule is CC1Oc2ccccc2N(CCC(=O)N2CCN(C(=O)CCCc3ccccc3)CC2)C1=O. The molecule has 1 atom stereocenters. The fraction of sp³-hybridized carbons (Fsp3) is 0.423. The smallest absolute Gasteiger partial charge is 0.267 e.